The average molecular weight is 348 g/mol. The molecule has 2 amide bonds. The quantitative estimate of drug-likeness (QED) is 0.685. The van der Waals surface area contributed by atoms with Gasteiger partial charge in [0, 0.05) is 29.3 Å². The SMILES string of the molecule is CC(=O)c1cccc(NC(=O)NC(C)c2ccc(-n3ccnc3)cc2)c1. The molecular weight excluding hydrogens is 328 g/mol. The summed E-state index contributed by atoms with van der Waals surface area (Å²) in [7, 11) is 0. The number of urea groups is 1. The molecule has 0 radical (unpaired) electrons. The summed E-state index contributed by atoms with van der Waals surface area (Å²) in [5, 5.41) is 5.65. The fraction of sp³-hybridized carbons (Fsp3) is 0.150. The molecule has 2 aromatic carbocycles. The Morgan fingerprint density at radius 3 is 2.54 bits per heavy atom. The summed E-state index contributed by atoms with van der Waals surface area (Å²) in [5.74, 6) is -0.0413. The lowest BCUT2D eigenvalue weighted by Crippen LogP contribution is -2.31. The van der Waals surface area contributed by atoms with Crippen LogP contribution >= 0.6 is 0 Å². The highest BCUT2D eigenvalue weighted by Gasteiger charge is 2.10. The van der Waals surface area contributed by atoms with E-state index in [4.69, 9.17) is 0 Å². The van der Waals surface area contributed by atoms with Crippen LogP contribution in [0.3, 0.4) is 0 Å². The van der Waals surface area contributed by atoms with Crippen molar-refractivity contribution in [2.24, 2.45) is 0 Å². The summed E-state index contributed by atoms with van der Waals surface area (Å²) < 4.78 is 1.91. The zero-order chi connectivity index (χ0) is 18.5. The first kappa shape index (κ1) is 17.4. The van der Waals surface area contributed by atoms with E-state index in [1.165, 1.54) is 6.92 Å². The molecule has 132 valence electrons. The van der Waals surface area contributed by atoms with Crippen molar-refractivity contribution in [1.29, 1.82) is 0 Å². The molecule has 1 atom stereocenters. The summed E-state index contributed by atoms with van der Waals surface area (Å²) in [6.07, 6.45) is 5.34. The number of ketones is 1. The number of nitrogens with one attached hydrogen (secondary N) is 2. The smallest absolute Gasteiger partial charge is 0.319 e. The van der Waals surface area contributed by atoms with Crippen LogP contribution in [0.4, 0.5) is 10.5 Å². The first-order valence-electron chi connectivity index (χ1n) is 8.30. The van der Waals surface area contributed by atoms with Gasteiger partial charge in [0.15, 0.2) is 5.78 Å². The zero-order valence-corrected chi connectivity index (χ0v) is 14.6. The van der Waals surface area contributed by atoms with Crippen LogP contribution in [0.2, 0.25) is 0 Å². The lowest BCUT2D eigenvalue weighted by atomic mass is 10.1. The largest absolute Gasteiger partial charge is 0.331 e. The lowest BCUT2D eigenvalue weighted by Gasteiger charge is -2.16. The number of imidazole rings is 1. The minimum Gasteiger partial charge on any atom is -0.331 e. The third-order valence-corrected chi connectivity index (χ3v) is 4.07. The zero-order valence-electron chi connectivity index (χ0n) is 14.6. The van der Waals surface area contributed by atoms with E-state index in [1.54, 1.807) is 36.8 Å². The maximum absolute atomic E-state index is 12.2. The molecule has 0 saturated heterocycles. The van der Waals surface area contributed by atoms with Gasteiger partial charge in [-0.15, -0.1) is 0 Å². The van der Waals surface area contributed by atoms with Gasteiger partial charge in [0.1, 0.15) is 0 Å². The van der Waals surface area contributed by atoms with E-state index in [0.29, 0.717) is 11.3 Å². The van der Waals surface area contributed by atoms with Gasteiger partial charge in [-0.05, 0) is 43.7 Å². The molecule has 0 aliphatic heterocycles. The Balaban J connectivity index is 1.62. The van der Waals surface area contributed by atoms with Crippen LogP contribution in [0, 0.1) is 0 Å². The second kappa shape index (κ2) is 7.65. The molecule has 0 fully saturated rings. The van der Waals surface area contributed by atoms with Crippen LogP contribution in [-0.4, -0.2) is 21.4 Å². The number of anilines is 1. The van der Waals surface area contributed by atoms with E-state index in [9.17, 15) is 9.59 Å². The Hall–Kier alpha value is -3.41. The van der Waals surface area contributed by atoms with E-state index >= 15 is 0 Å². The van der Waals surface area contributed by atoms with E-state index in [0.717, 1.165) is 11.3 Å². The maximum Gasteiger partial charge on any atom is 0.319 e. The number of aromatic nitrogens is 2. The first-order chi connectivity index (χ1) is 12.5. The number of benzene rings is 2. The minimum atomic E-state index is -0.322. The third-order valence-electron chi connectivity index (χ3n) is 4.07. The van der Waals surface area contributed by atoms with Crippen LogP contribution < -0.4 is 10.6 Å². The van der Waals surface area contributed by atoms with Crippen LogP contribution in [-0.2, 0) is 0 Å². The summed E-state index contributed by atoms with van der Waals surface area (Å²) in [6, 6.07) is 14.3. The highest BCUT2D eigenvalue weighted by molar-refractivity contribution is 5.96. The number of nitrogens with zero attached hydrogens (tertiary/aromatic N) is 2. The van der Waals surface area contributed by atoms with Gasteiger partial charge in [-0.3, -0.25) is 4.79 Å². The molecule has 0 spiro atoms. The van der Waals surface area contributed by atoms with Crippen LogP contribution in [0.1, 0.15) is 35.8 Å². The molecule has 0 aliphatic rings. The second-order valence-electron chi connectivity index (χ2n) is 6.02. The average Bonchev–Trinajstić information content (AvgIpc) is 3.16. The number of hydrogen-bond donors (Lipinski definition) is 2. The van der Waals surface area contributed by atoms with Gasteiger partial charge in [-0.1, -0.05) is 24.3 Å². The Morgan fingerprint density at radius 2 is 1.88 bits per heavy atom. The number of carbonyl (C=O) groups is 2. The lowest BCUT2D eigenvalue weighted by molar-refractivity contribution is 0.101. The highest BCUT2D eigenvalue weighted by atomic mass is 16.2. The van der Waals surface area contributed by atoms with Gasteiger partial charge in [0.05, 0.1) is 12.4 Å². The molecule has 2 N–H and O–H groups in total. The summed E-state index contributed by atoms with van der Waals surface area (Å²) >= 11 is 0. The molecule has 0 bridgehead atoms. The van der Waals surface area contributed by atoms with Crippen LogP contribution in [0.25, 0.3) is 5.69 Å². The number of carbonyl (C=O) groups excluding carboxylic acids is 2. The van der Waals surface area contributed by atoms with Crippen LogP contribution in [0.5, 0.6) is 0 Å². The molecule has 1 heterocycles. The summed E-state index contributed by atoms with van der Waals surface area (Å²) in [6.45, 7) is 3.41. The van der Waals surface area contributed by atoms with E-state index < -0.39 is 0 Å². The van der Waals surface area contributed by atoms with Gasteiger partial charge in [-0.25, -0.2) is 9.78 Å². The van der Waals surface area contributed by atoms with Crippen molar-refractivity contribution in [3.05, 3.63) is 78.4 Å². The van der Waals surface area contributed by atoms with Gasteiger partial charge in [-0.2, -0.15) is 0 Å². The molecule has 1 unspecified atom stereocenters. The molecule has 26 heavy (non-hydrogen) atoms. The van der Waals surface area contributed by atoms with E-state index in [-0.39, 0.29) is 17.9 Å². The summed E-state index contributed by atoms with van der Waals surface area (Å²) in [4.78, 5) is 27.7. The fourth-order valence-electron chi connectivity index (χ4n) is 2.61. The predicted molar refractivity (Wildman–Crippen MR) is 101 cm³/mol. The normalized spacial score (nSPS) is 11.6. The molecular formula is C20H20N4O2. The van der Waals surface area contributed by atoms with Crippen molar-refractivity contribution in [1.82, 2.24) is 14.9 Å². The Labute approximate surface area is 151 Å². The number of hydrogen-bond acceptors (Lipinski definition) is 3. The molecule has 6 heteroatoms. The number of rotatable bonds is 5. The van der Waals surface area contributed by atoms with Gasteiger partial charge in [0.2, 0.25) is 0 Å². The molecule has 1 aromatic heterocycles. The Kier molecular flexibility index (Phi) is 5.12. The Morgan fingerprint density at radius 1 is 1.12 bits per heavy atom. The van der Waals surface area contributed by atoms with Gasteiger partial charge >= 0.3 is 6.03 Å². The Bertz CT molecular complexity index is 902. The topological polar surface area (TPSA) is 76.0 Å². The van der Waals surface area contributed by atoms with Crippen molar-refractivity contribution in [2.75, 3.05) is 5.32 Å². The minimum absolute atomic E-state index is 0.0413. The van der Waals surface area contributed by atoms with Crippen molar-refractivity contribution in [3.63, 3.8) is 0 Å². The van der Waals surface area contributed by atoms with Gasteiger partial charge in [0.25, 0.3) is 0 Å². The van der Waals surface area contributed by atoms with Crippen LogP contribution in [0.15, 0.2) is 67.3 Å². The number of amides is 2. The molecule has 0 saturated carbocycles. The van der Waals surface area contributed by atoms with Gasteiger partial charge < -0.3 is 15.2 Å². The first-order valence-corrected chi connectivity index (χ1v) is 8.30. The second-order valence-corrected chi connectivity index (χ2v) is 6.02. The standard InChI is InChI=1S/C20H20N4O2/c1-14(16-6-8-19(9-7-16)24-11-10-21-13-24)22-20(26)23-18-5-3-4-17(12-18)15(2)25/h3-14H,1-2H3,(H2,22,23,26). The van der Waals surface area contributed by atoms with Crippen molar-refractivity contribution >= 4 is 17.5 Å². The van der Waals surface area contributed by atoms with Crippen molar-refractivity contribution in [2.45, 2.75) is 19.9 Å². The highest BCUT2D eigenvalue weighted by Crippen LogP contribution is 2.16. The van der Waals surface area contributed by atoms with E-state index in [1.807, 2.05) is 42.0 Å². The van der Waals surface area contributed by atoms with Crippen molar-refractivity contribution in [3.8, 4) is 5.69 Å². The fourth-order valence-corrected chi connectivity index (χ4v) is 2.61. The molecule has 3 rings (SSSR count). The predicted octanol–water partition coefficient (Wildman–Crippen LogP) is 3.96. The van der Waals surface area contributed by atoms with E-state index in [2.05, 4.69) is 15.6 Å². The maximum atomic E-state index is 12.2. The molecule has 6 nitrogen and oxygen atoms in total. The monoisotopic (exact) mass is 348 g/mol. The van der Waals surface area contributed by atoms with Crippen molar-refractivity contribution < 1.29 is 9.59 Å². The third kappa shape index (κ3) is 4.16. The molecule has 3 aromatic rings. The number of Topliss-reactive ketones (excluding diaryl/α,β-unsaturated/α-hetero) is 1. The molecule has 0 aliphatic carbocycles. The summed E-state index contributed by atoms with van der Waals surface area (Å²) in [5.41, 5.74) is 3.13.